The van der Waals surface area contributed by atoms with E-state index in [0.29, 0.717) is 5.69 Å². The van der Waals surface area contributed by atoms with Crippen LogP contribution in [0, 0.1) is 6.92 Å². The average Bonchev–Trinajstić information content (AvgIpc) is 3.03. The largest absolute Gasteiger partial charge is 2.00 e. The molecule has 1 N–H and O–H groups in total. The van der Waals surface area contributed by atoms with Crippen molar-refractivity contribution in [3.05, 3.63) is 108 Å². The van der Waals surface area contributed by atoms with Crippen molar-refractivity contribution in [3.63, 3.8) is 0 Å². The molecule has 27 heavy (non-hydrogen) atoms. The first kappa shape index (κ1) is 25.4. The number of nitrogens with one attached hydrogen (secondary N) is 1. The topological polar surface area (TPSA) is 23.8 Å². The molecule has 0 saturated carbocycles. The molecule has 1 aliphatic rings. The Balaban J connectivity index is 0.000000585. The summed E-state index contributed by atoms with van der Waals surface area (Å²) >= 11 is 0. The maximum absolute atomic E-state index is 7.00. The van der Waals surface area contributed by atoms with Gasteiger partial charge in [-0.3, -0.25) is 0 Å². The third-order valence-electron chi connectivity index (χ3n) is 4.31. The minimum atomic E-state index is 0. The van der Waals surface area contributed by atoms with Crippen LogP contribution in [0.25, 0.3) is 22.1 Å². The van der Waals surface area contributed by atoms with Crippen molar-refractivity contribution in [2.75, 3.05) is 0 Å². The maximum atomic E-state index is 7.00. The zero-order valence-electron chi connectivity index (χ0n) is 15.2. The van der Waals surface area contributed by atoms with Gasteiger partial charge in [-0.05, 0) is 13.3 Å². The van der Waals surface area contributed by atoms with Crippen molar-refractivity contribution in [3.8, 4) is 0 Å². The molecular weight excluding hydrogens is 409 g/mol. The summed E-state index contributed by atoms with van der Waals surface area (Å²) in [6.07, 6.45) is 5.45. The predicted molar refractivity (Wildman–Crippen MR) is 105 cm³/mol. The number of halogens is 2. The molecule has 3 aromatic carbocycles. The molecule has 1 aliphatic carbocycles. The van der Waals surface area contributed by atoms with Gasteiger partial charge in [0.2, 0.25) is 0 Å². The van der Waals surface area contributed by atoms with E-state index < -0.39 is 0 Å². The minimum absolute atomic E-state index is 0. The van der Waals surface area contributed by atoms with Crippen molar-refractivity contribution >= 4 is 22.0 Å². The third kappa shape index (κ3) is 6.19. The van der Waals surface area contributed by atoms with E-state index in [2.05, 4.69) is 62.4 Å². The number of benzene rings is 3. The summed E-state index contributed by atoms with van der Waals surface area (Å²) in [7, 11) is 0. The van der Waals surface area contributed by atoms with Gasteiger partial charge in [-0.15, -0.1) is 28.8 Å². The van der Waals surface area contributed by atoms with Gasteiger partial charge in [0.25, 0.3) is 0 Å². The SMILES string of the molecule is [CH2-]c1c(C2=C(C)C=CC2)ccc2ccccc12.[Cl-].[Cl-].[NH-]c1ccccc1.[Ti+2]. The molecule has 138 valence electrons. The standard InChI is InChI=1S/C17H15.C6H6N.2ClH.Ti/c1-12-6-5-9-15(12)17-11-10-14-7-3-4-8-16(14)13(17)2;7-6-4-2-1-3-5-6;;;/h3-8,10-11H,2,9H2,1H3;1-5,7H;2*1H;/q2*-1;;;+2/p-2. The first-order chi connectivity index (χ1) is 11.7. The number of allylic oxidation sites excluding steroid dienone is 4. The minimum Gasteiger partial charge on any atom is -1.00 e. The van der Waals surface area contributed by atoms with Crippen LogP contribution in [0.3, 0.4) is 0 Å². The van der Waals surface area contributed by atoms with E-state index in [4.69, 9.17) is 5.73 Å². The first-order valence-electron chi connectivity index (χ1n) is 8.14. The molecule has 0 amide bonds. The van der Waals surface area contributed by atoms with Crippen LogP contribution in [-0.4, -0.2) is 0 Å². The fraction of sp³-hybridized carbons (Fsp3) is 0.0870. The smallest absolute Gasteiger partial charge is 1.00 e. The molecule has 0 bridgehead atoms. The van der Waals surface area contributed by atoms with Crippen molar-refractivity contribution in [1.29, 1.82) is 0 Å². The normalized spacial score (nSPS) is 11.6. The molecule has 4 heteroatoms. The molecule has 0 unspecified atom stereocenters. The third-order valence-corrected chi connectivity index (χ3v) is 4.31. The van der Waals surface area contributed by atoms with Crippen LogP contribution in [-0.2, 0) is 21.7 Å². The van der Waals surface area contributed by atoms with Gasteiger partial charge in [0, 0.05) is 0 Å². The van der Waals surface area contributed by atoms with Crippen molar-refractivity contribution in [2.24, 2.45) is 0 Å². The van der Waals surface area contributed by atoms with Crippen LogP contribution in [0.15, 0.2) is 84.5 Å². The fourth-order valence-electron chi connectivity index (χ4n) is 2.99. The Labute approximate surface area is 189 Å². The number of rotatable bonds is 1. The molecule has 0 aromatic heterocycles. The molecule has 0 heterocycles. The summed E-state index contributed by atoms with van der Waals surface area (Å²) in [4.78, 5) is 0. The van der Waals surface area contributed by atoms with E-state index in [9.17, 15) is 0 Å². The molecule has 0 radical (unpaired) electrons. The van der Waals surface area contributed by atoms with Crippen molar-refractivity contribution in [1.82, 2.24) is 0 Å². The van der Waals surface area contributed by atoms with Crippen LogP contribution in [0.2, 0.25) is 0 Å². The van der Waals surface area contributed by atoms with Gasteiger partial charge in [0.1, 0.15) is 0 Å². The zero-order chi connectivity index (χ0) is 16.9. The summed E-state index contributed by atoms with van der Waals surface area (Å²) in [6.45, 7) is 6.44. The number of fused-ring (bicyclic) bond motifs is 1. The zero-order valence-corrected chi connectivity index (χ0v) is 18.2. The molecule has 3 aromatic rings. The van der Waals surface area contributed by atoms with E-state index in [1.54, 1.807) is 12.1 Å². The van der Waals surface area contributed by atoms with Crippen LogP contribution in [0.5, 0.6) is 0 Å². The number of hydrogen-bond donors (Lipinski definition) is 0. The van der Waals surface area contributed by atoms with Crippen LogP contribution >= 0.6 is 0 Å². The van der Waals surface area contributed by atoms with Crippen LogP contribution in [0.4, 0.5) is 5.69 Å². The van der Waals surface area contributed by atoms with Gasteiger partial charge in [-0.1, -0.05) is 83.3 Å². The van der Waals surface area contributed by atoms with Crippen LogP contribution in [0.1, 0.15) is 24.5 Å². The maximum Gasteiger partial charge on any atom is 2.00 e. The summed E-state index contributed by atoms with van der Waals surface area (Å²) in [5.41, 5.74) is 12.8. The Morgan fingerprint density at radius 3 is 2.04 bits per heavy atom. The predicted octanol–water partition coefficient (Wildman–Crippen LogP) is 1.13. The molecule has 0 spiro atoms. The number of hydrogen-bond acceptors (Lipinski definition) is 0. The molecule has 1 nitrogen and oxygen atoms in total. The fourth-order valence-corrected chi connectivity index (χ4v) is 2.99. The molecule has 4 rings (SSSR count). The molecule has 0 aliphatic heterocycles. The molecule has 0 atom stereocenters. The van der Waals surface area contributed by atoms with Gasteiger partial charge in [-0.25, -0.2) is 0 Å². The second-order valence-corrected chi connectivity index (χ2v) is 5.95. The van der Waals surface area contributed by atoms with Gasteiger partial charge in [0.15, 0.2) is 0 Å². The van der Waals surface area contributed by atoms with E-state index in [1.165, 1.54) is 27.5 Å². The molecule has 0 fully saturated rings. The molecule has 0 saturated heterocycles. The Morgan fingerprint density at radius 2 is 1.48 bits per heavy atom. The second-order valence-electron chi connectivity index (χ2n) is 5.95. The average molecular weight is 430 g/mol. The van der Waals surface area contributed by atoms with Gasteiger partial charge in [-0.2, -0.15) is 12.5 Å². The molecular formula is C23H21Cl2NTi-2. The van der Waals surface area contributed by atoms with Crippen LogP contribution < -0.4 is 24.8 Å². The van der Waals surface area contributed by atoms with E-state index >= 15 is 0 Å². The summed E-state index contributed by atoms with van der Waals surface area (Å²) in [6, 6.07) is 21.9. The van der Waals surface area contributed by atoms with E-state index in [0.717, 1.165) is 12.0 Å². The first-order valence-corrected chi connectivity index (χ1v) is 8.14. The Kier molecular flexibility index (Phi) is 11.2. The van der Waals surface area contributed by atoms with Gasteiger partial charge in [0.05, 0.1) is 0 Å². The van der Waals surface area contributed by atoms with Gasteiger partial charge < -0.3 is 30.5 Å². The quantitative estimate of drug-likeness (QED) is 0.409. The Hall–Kier alpha value is -1.64. The monoisotopic (exact) mass is 429 g/mol. The summed E-state index contributed by atoms with van der Waals surface area (Å²) in [5, 5.41) is 2.53. The van der Waals surface area contributed by atoms with E-state index in [1.807, 2.05) is 18.2 Å². The van der Waals surface area contributed by atoms with Crippen molar-refractivity contribution < 1.29 is 46.5 Å². The van der Waals surface area contributed by atoms with E-state index in [-0.39, 0.29) is 46.5 Å². The Morgan fingerprint density at radius 1 is 0.852 bits per heavy atom. The Bertz CT molecular complexity index is 918. The van der Waals surface area contributed by atoms with Crippen molar-refractivity contribution in [2.45, 2.75) is 13.3 Å². The van der Waals surface area contributed by atoms with Gasteiger partial charge >= 0.3 is 21.7 Å². The second kappa shape index (κ2) is 11.9. The summed E-state index contributed by atoms with van der Waals surface area (Å²) < 4.78 is 0. The summed E-state index contributed by atoms with van der Waals surface area (Å²) in [5.74, 6) is 0.